The zero-order valence-electron chi connectivity index (χ0n) is 57.3. The number of amides is 8. The van der Waals surface area contributed by atoms with Crippen molar-refractivity contribution < 1.29 is 66.1 Å². The number of benzene rings is 4. The summed E-state index contributed by atoms with van der Waals surface area (Å²) in [5.41, 5.74) is 1.72. The Morgan fingerprint density at radius 1 is 0.743 bits per heavy atom. The Bertz CT molecular complexity index is 4360. The first-order valence-electron chi connectivity index (χ1n) is 33.6. The minimum absolute atomic E-state index is 0.0790. The summed E-state index contributed by atoms with van der Waals surface area (Å²) in [6, 6.07) is 22.2. The van der Waals surface area contributed by atoms with Crippen molar-refractivity contribution in [2.75, 3.05) is 40.3 Å². The van der Waals surface area contributed by atoms with Crippen molar-refractivity contribution in [2.24, 2.45) is 17.8 Å². The van der Waals surface area contributed by atoms with Crippen molar-refractivity contribution in [1.29, 1.82) is 0 Å². The number of pyridine rings is 2. The van der Waals surface area contributed by atoms with Crippen molar-refractivity contribution >= 4 is 115 Å². The van der Waals surface area contributed by atoms with Gasteiger partial charge in [0.1, 0.15) is 30.8 Å². The van der Waals surface area contributed by atoms with Crippen LogP contribution < -0.4 is 58.1 Å². The van der Waals surface area contributed by atoms with Crippen molar-refractivity contribution in [3.05, 3.63) is 142 Å². The molecule has 2 aromatic heterocycles. The number of nitrogens with one attached hydrogen (secondary N) is 10. The molecule has 30 heteroatoms. The highest BCUT2D eigenvalue weighted by Gasteiger charge is 2.52. The highest BCUT2D eigenvalue weighted by molar-refractivity contribution is 7.92. The lowest BCUT2D eigenvalue weighted by Crippen LogP contribution is -2.57. The molecule has 0 radical (unpaired) electrons. The van der Waals surface area contributed by atoms with Gasteiger partial charge in [0, 0.05) is 52.4 Å². The number of rotatable bonds is 28. The summed E-state index contributed by atoms with van der Waals surface area (Å²) in [5, 5.41) is 35.5. The molecule has 1 saturated heterocycles. The van der Waals surface area contributed by atoms with Crippen LogP contribution in [0.5, 0.6) is 0 Å². The van der Waals surface area contributed by atoms with Crippen LogP contribution >= 0.6 is 12.2 Å². The number of carbonyl (C=O) groups excluding carboxylic acids is 8. The van der Waals surface area contributed by atoms with E-state index in [1.165, 1.54) is 48.5 Å². The second-order valence-electron chi connectivity index (χ2n) is 26.3. The van der Waals surface area contributed by atoms with E-state index in [0.717, 1.165) is 10.9 Å². The number of aliphatic carboxylic acids is 1. The van der Waals surface area contributed by atoms with Crippen LogP contribution in [0, 0.1) is 17.8 Å². The summed E-state index contributed by atoms with van der Waals surface area (Å²) in [6.45, 7) is 14.4. The molecule has 28 nitrogen and oxygen atoms in total. The molecule has 6 aromatic rings. The quantitative estimate of drug-likeness (QED) is 0.0167. The van der Waals surface area contributed by atoms with Gasteiger partial charge in [-0.3, -0.25) is 33.5 Å². The largest absolute Gasteiger partial charge is 0.481 e. The summed E-state index contributed by atoms with van der Waals surface area (Å²) in [7, 11) is -4.21. The fraction of sp³-hybridized carbons (Fsp3) is 0.408. The molecule has 0 spiro atoms. The van der Waals surface area contributed by atoms with Crippen molar-refractivity contribution in [1.82, 2.24) is 46.4 Å². The number of carbonyl (C=O) groups is 9. The van der Waals surface area contributed by atoms with Crippen molar-refractivity contribution in [3.8, 4) is 11.4 Å². The average molecular weight is 1420 g/mol. The predicted octanol–water partition coefficient (Wildman–Crippen LogP) is 7.48. The summed E-state index contributed by atoms with van der Waals surface area (Å²) in [5.74, 6) is -6.60. The van der Waals surface area contributed by atoms with Crippen molar-refractivity contribution in [3.63, 3.8) is 0 Å². The van der Waals surface area contributed by atoms with E-state index in [0.29, 0.717) is 60.6 Å². The van der Waals surface area contributed by atoms with Gasteiger partial charge >= 0.3 is 30.0 Å². The normalized spacial score (nSPS) is 16.4. The second-order valence-corrected chi connectivity index (χ2v) is 28.4. The van der Waals surface area contributed by atoms with Gasteiger partial charge < -0.3 is 71.9 Å². The Labute approximate surface area is 589 Å². The number of thiocarbonyl (C=S) groups is 1. The summed E-state index contributed by atoms with van der Waals surface area (Å²) >= 11 is 5.80. The standard InChI is InChI=1S/C71H85N13O15S2/c1-9-27-72-68(94)75-47-18-14-20-49(33-47)101(96,97)82-48-19-13-17-43(32-48)53(35-59(86)87)80-69(95)74-45-23-25-46(26-24-45)76-70(100)83-28-15-22-56(83)64(90)79-54(29-39(3)4)62(88)73-36-58(85)77-55(30-40(5)6)63(89)81-60(41(7)8)66(92)99-71(10-2)51-34-57-61-44(31-42-16-11-12-21-52(42)78-61)37-84(57)65(91)50(51)38-98-67(71)93/h11-14,16-21,23-26,31-34,39-41,53-56,60,82H,9-10,15,22,27-30,35-38H2,1-8H3,(H,73,88)(H,76,100)(H,77,85)(H,79,90)(H,81,89)(H,86,87)(H2,72,75,94)(H2,74,80,95)/t53?,54?,55-,56?,60-,71-/m1/s1. The van der Waals surface area contributed by atoms with Crippen LogP contribution in [0.25, 0.3) is 22.3 Å². The summed E-state index contributed by atoms with van der Waals surface area (Å²) < 4.78 is 42.7. The molecule has 536 valence electrons. The third kappa shape index (κ3) is 18.3. The smallest absolute Gasteiger partial charge is 0.355 e. The monoisotopic (exact) mass is 1420 g/mol. The molecular weight excluding hydrogens is 1340 g/mol. The average Bonchev–Trinajstić information content (AvgIpc) is 1.70. The number of esters is 2. The lowest BCUT2D eigenvalue weighted by atomic mass is 9.85. The molecule has 6 atom stereocenters. The molecular formula is C71H85N13O15S2. The van der Waals surface area contributed by atoms with E-state index in [1.54, 1.807) is 60.6 Å². The van der Waals surface area contributed by atoms with E-state index in [2.05, 4.69) is 52.6 Å². The fourth-order valence-electron chi connectivity index (χ4n) is 12.3. The topological polar surface area (TPSA) is 385 Å². The van der Waals surface area contributed by atoms with Gasteiger partial charge in [-0.15, -0.1) is 0 Å². The number of fused-ring (bicyclic) bond motifs is 5. The number of nitrogens with zero attached hydrogens (tertiary/aromatic N) is 3. The van der Waals surface area contributed by atoms with Crippen molar-refractivity contribution in [2.45, 2.75) is 154 Å². The highest BCUT2D eigenvalue weighted by atomic mass is 32.2. The highest BCUT2D eigenvalue weighted by Crippen LogP contribution is 2.42. The number of aromatic nitrogens is 2. The van der Waals surface area contributed by atoms with E-state index in [9.17, 15) is 61.5 Å². The van der Waals surface area contributed by atoms with E-state index in [-0.39, 0.29) is 82.3 Å². The van der Waals surface area contributed by atoms with E-state index >= 15 is 0 Å². The van der Waals surface area contributed by atoms with Gasteiger partial charge in [-0.05, 0) is 147 Å². The first-order valence-corrected chi connectivity index (χ1v) is 35.4. The summed E-state index contributed by atoms with van der Waals surface area (Å²) in [6.07, 6.45) is 1.31. The zero-order valence-corrected chi connectivity index (χ0v) is 59.0. The maximum atomic E-state index is 14.5. The molecule has 11 N–H and O–H groups in total. The first kappa shape index (κ1) is 74.7. The van der Waals surface area contributed by atoms with Crippen LogP contribution in [0.2, 0.25) is 0 Å². The third-order valence-corrected chi connectivity index (χ3v) is 19.1. The number of hydrogen-bond acceptors (Lipinski definition) is 16. The molecule has 0 bridgehead atoms. The fourth-order valence-corrected chi connectivity index (χ4v) is 13.8. The Balaban J connectivity index is 0.773. The SMILES string of the molecule is CCCNC(=O)Nc1cccc(S(=O)(=O)Nc2cccc(C(CC(=O)O)NC(=O)Nc3ccc(NC(=S)N4CCCC4C(=O)NC(CC(C)C)C(=O)NCC(=O)N[C@H](CC(C)C)C(=O)N[C@@H](C(=O)O[C@@]4(CC)C(=O)OCc5c4cc4n(c5=O)Cc5cc6ccccc6nc5-4)C(C)C)cc3)c2)c1. The van der Waals surface area contributed by atoms with Crippen LogP contribution in [0.4, 0.5) is 32.3 Å². The number of para-hydroxylation sites is 1. The van der Waals surface area contributed by atoms with Gasteiger partial charge in [0.15, 0.2) is 5.11 Å². The van der Waals surface area contributed by atoms with Crippen LogP contribution in [-0.2, 0) is 71.8 Å². The minimum atomic E-state index is -4.21. The maximum absolute atomic E-state index is 14.5. The van der Waals surface area contributed by atoms with E-state index in [1.807, 2.05) is 65.0 Å². The van der Waals surface area contributed by atoms with Crippen LogP contribution in [0.15, 0.2) is 119 Å². The minimum Gasteiger partial charge on any atom is -0.481 e. The number of sulfonamides is 1. The van der Waals surface area contributed by atoms with Crippen LogP contribution in [0.1, 0.15) is 129 Å². The number of carboxylic acids is 1. The molecule has 3 unspecified atom stereocenters. The lowest BCUT2D eigenvalue weighted by molar-refractivity contribution is -0.191. The number of anilines is 4. The Morgan fingerprint density at radius 2 is 1.42 bits per heavy atom. The number of urea groups is 2. The molecule has 5 heterocycles. The number of ether oxygens (including phenoxy) is 2. The molecule has 9 rings (SSSR count). The molecule has 101 heavy (non-hydrogen) atoms. The Hall–Kier alpha value is -10.5. The van der Waals surface area contributed by atoms with Gasteiger partial charge in [0.05, 0.1) is 52.9 Å². The molecule has 3 aliphatic rings. The number of carboxylic acid groups (broad SMARTS) is 1. The van der Waals surface area contributed by atoms with E-state index in [4.69, 9.17) is 26.7 Å². The first-order chi connectivity index (χ1) is 48.1. The molecule has 4 aromatic carbocycles. The number of hydrogen-bond donors (Lipinski definition) is 11. The third-order valence-electron chi connectivity index (χ3n) is 17.4. The molecule has 3 aliphatic heterocycles. The van der Waals surface area contributed by atoms with Crippen LogP contribution in [0.3, 0.4) is 0 Å². The lowest BCUT2D eigenvalue weighted by Gasteiger charge is -2.37. The zero-order chi connectivity index (χ0) is 73.0. The van der Waals surface area contributed by atoms with Gasteiger partial charge in [-0.1, -0.05) is 91.8 Å². The molecule has 1 fully saturated rings. The van der Waals surface area contributed by atoms with Crippen LogP contribution in [-0.4, -0.2) is 130 Å². The number of cyclic esters (lactones) is 1. The summed E-state index contributed by atoms with van der Waals surface area (Å²) in [4.78, 5) is 143. The Kier molecular flexibility index (Phi) is 24.2. The van der Waals surface area contributed by atoms with Gasteiger partial charge in [-0.2, -0.15) is 0 Å². The van der Waals surface area contributed by atoms with E-state index < -0.39 is 124 Å². The van der Waals surface area contributed by atoms with Gasteiger partial charge in [0.25, 0.3) is 15.6 Å². The molecule has 0 aliphatic carbocycles. The Morgan fingerprint density at radius 3 is 2.10 bits per heavy atom. The molecule has 8 amide bonds. The maximum Gasteiger partial charge on any atom is 0.355 e. The number of likely N-dealkylation sites (tertiary alicyclic amines) is 1. The van der Waals surface area contributed by atoms with Gasteiger partial charge in [0.2, 0.25) is 29.2 Å². The molecule has 0 saturated carbocycles. The second kappa shape index (κ2) is 32.7. The van der Waals surface area contributed by atoms with Gasteiger partial charge in [-0.25, -0.2) is 32.6 Å². The predicted molar refractivity (Wildman–Crippen MR) is 381 cm³/mol.